The van der Waals surface area contributed by atoms with Crippen LogP contribution in [-0.4, -0.2) is 17.2 Å². The van der Waals surface area contributed by atoms with Gasteiger partial charge in [-0.3, -0.25) is 10.1 Å². The van der Waals surface area contributed by atoms with Crippen LogP contribution < -0.4 is 5.32 Å². The van der Waals surface area contributed by atoms with Crippen LogP contribution in [0.15, 0.2) is 18.2 Å². The first kappa shape index (κ1) is 12.8. The van der Waals surface area contributed by atoms with Gasteiger partial charge >= 0.3 is 0 Å². The maximum Gasteiger partial charge on any atom is 0.269 e. The second-order valence-corrected chi connectivity index (χ2v) is 5.27. The van der Waals surface area contributed by atoms with Gasteiger partial charge in [-0.1, -0.05) is 13.8 Å². The molecule has 1 aromatic rings. The topological polar surface area (TPSA) is 55.2 Å². The van der Waals surface area contributed by atoms with E-state index in [2.05, 4.69) is 19.2 Å². The molecule has 88 valence electrons. The van der Waals surface area contributed by atoms with Crippen molar-refractivity contribution in [1.82, 2.24) is 0 Å². The Hall–Kier alpha value is -1.23. The molecule has 0 aromatic heterocycles. The standard InChI is InChI=1S/C11H16N2O2S/c1-8(2)16-7-9-6-10(13(14)15)4-5-11(9)12-3/h4-6,8,12H,7H2,1-3H3. The Kier molecular flexibility index (Phi) is 4.61. The lowest BCUT2D eigenvalue weighted by Crippen LogP contribution is -1.98. The zero-order valence-electron chi connectivity index (χ0n) is 9.69. The third-order valence-electron chi connectivity index (χ3n) is 2.14. The molecule has 0 bridgehead atoms. The van der Waals surface area contributed by atoms with E-state index < -0.39 is 0 Å². The quantitative estimate of drug-likeness (QED) is 0.634. The highest BCUT2D eigenvalue weighted by Crippen LogP contribution is 2.27. The van der Waals surface area contributed by atoms with Gasteiger partial charge in [-0.05, 0) is 16.9 Å². The molecule has 0 spiro atoms. The van der Waals surface area contributed by atoms with Crippen molar-refractivity contribution >= 4 is 23.1 Å². The van der Waals surface area contributed by atoms with Crippen LogP contribution in [0.2, 0.25) is 0 Å². The van der Waals surface area contributed by atoms with Crippen molar-refractivity contribution < 1.29 is 4.92 Å². The minimum atomic E-state index is -0.358. The summed E-state index contributed by atoms with van der Waals surface area (Å²) in [5.41, 5.74) is 2.09. The van der Waals surface area contributed by atoms with Crippen LogP contribution in [0.1, 0.15) is 19.4 Å². The average molecular weight is 240 g/mol. The van der Waals surface area contributed by atoms with Gasteiger partial charge < -0.3 is 5.32 Å². The molecule has 1 aromatic carbocycles. The van der Waals surface area contributed by atoms with Crippen LogP contribution in [0, 0.1) is 10.1 Å². The normalized spacial score (nSPS) is 10.5. The number of rotatable bonds is 5. The average Bonchev–Trinajstić information content (AvgIpc) is 2.25. The van der Waals surface area contributed by atoms with E-state index in [9.17, 15) is 10.1 Å². The fourth-order valence-corrected chi connectivity index (χ4v) is 2.07. The number of nitro benzene ring substituents is 1. The van der Waals surface area contributed by atoms with Crippen LogP contribution in [0.5, 0.6) is 0 Å². The van der Waals surface area contributed by atoms with Gasteiger partial charge in [0.15, 0.2) is 0 Å². The second-order valence-electron chi connectivity index (χ2n) is 3.71. The Labute approximate surface area is 99.6 Å². The van der Waals surface area contributed by atoms with Crippen molar-refractivity contribution in [2.75, 3.05) is 12.4 Å². The SMILES string of the molecule is CNc1ccc([N+](=O)[O-])cc1CSC(C)C. The molecule has 0 aliphatic rings. The van der Waals surface area contributed by atoms with Crippen LogP contribution in [-0.2, 0) is 5.75 Å². The Balaban J connectivity index is 2.93. The van der Waals surface area contributed by atoms with Crippen molar-refractivity contribution in [3.63, 3.8) is 0 Å². The summed E-state index contributed by atoms with van der Waals surface area (Å²) < 4.78 is 0. The number of nitro groups is 1. The van der Waals surface area contributed by atoms with E-state index in [1.165, 1.54) is 6.07 Å². The maximum absolute atomic E-state index is 10.7. The van der Waals surface area contributed by atoms with Gasteiger partial charge in [0.25, 0.3) is 5.69 Å². The third-order valence-corrected chi connectivity index (χ3v) is 3.29. The number of thioether (sulfide) groups is 1. The van der Waals surface area contributed by atoms with E-state index >= 15 is 0 Å². The molecular formula is C11H16N2O2S. The van der Waals surface area contributed by atoms with Gasteiger partial charge in [-0.15, -0.1) is 0 Å². The molecule has 0 atom stereocenters. The van der Waals surface area contributed by atoms with E-state index in [0.29, 0.717) is 5.25 Å². The van der Waals surface area contributed by atoms with Gasteiger partial charge in [0.05, 0.1) is 4.92 Å². The van der Waals surface area contributed by atoms with E-state index in [0.717, 1.165) is 17.0 Å². The monoisotopic (exact) mass is 240 g/mol. The van der Waals surface area contributed by atoms with E-state index in [-0.39, 0.29) is 10.6 Å². The van der Waals surface area contributed by atoms with Gasteiger partial charge in [0, 0.05) is 30.6 Å². The Morgan fingerprint density at radius 3 is 2.69 bits per heavy atom. The van der Waals surface area contributed by atoms with Crippen molar-refractivity contribution in [2.45, 2.75) is 24.9 Å². The summed E-state index contributed by atoms with van der Waals surface area (Å²) in [5.74, 6) is 0.787. The molecule has 4 nitrogen and oxygen atoms in total. The second kappa shape index (κ2) is 5.75. The van der Waals surface area contributed by atoms with Crippen molar-refractivity contribution in [1.29, 1.82) is 0 Å². The summed E-state index contributed by atoms with van der Waals surface area (Å²) in [6.45, 7) is 4.22. The van der Waals surface area contributed by atoms with Gasteiger partial charge in [0.1, 0.15) is 0 Å². The fourth-order valence-electron chi connectivity index (χ4n) is 1.31. The summed E-state index contributed by atoms with van der Waals surface area (Å²) in [7, 11) is 1.82. The minimum Gasteiger partial charge on any atom is -0.388 e. The molecule has 0 radical (unpaired) electrons. The molecule has 1 rings (SSSR count). The fraction of sp³-hybridized carbons (Fsp3) is 0.455. The summed E-state index contributed by atoms with van der Waals surface area (Å²) in [6.07, 6.45) is 0. The maximum atomic E-state index is 10.7. The number of nitrogens with one attached hydrogen (secondary N) is 1. The summed E-state index contributed by atoms with van der Waals surface area (Å²) in [5, 5.41) is 14.2. The van der Waals surface area contributed by atoms with Crippen LogP contribution in [0.4, 0.5) is 11.4 Å². The first-order valence-electron chi connectivity index (χ1n) is 5.11. The molecule has 0 aliphatic heterocycles. The van der Waals surface area contributed by atoms with Crippen molar-refractivity contribution in [3.8, 4) is 0 Å². The summed E-state index contributed by atoms with van der Waals surface area (Å²) >= 11 is 1.77. The van der Waals surface area contributed by atoms with Crippen LogP contribution in [0.25, 0.3) is 0 Å². The predicted molar refractivity (Wildman–Crippen MR) is 69.1 cm³/mol. The third kappa shape index (κ3) is 3.41. The lowest BCUT2D eigenvalue weighted by atomic mass is 10.2. The molecule has 0 amide bonds. The van der Waals surface area contributed by atoms with E-state index in [4.69, 9.17) is 0 Å². The van der Waals surface area contributed by atoms with Crippen molar-refractivity contribution in [2.24, 2.45) is 0 Å². The Morgan fingerprint density at radius 1 is 1.50 bits per heavy atom. The molecule has 0 saturated heterocycles. The largest absolute Gasteiger partial charge is 0.388 e. The number of nitrogens with zero attached hydrogens (tertiary/aromatic N) is 1. The molecule has 0 saturated carbocycles. The lowest BCUT2D eigenvalue weighted by molar-refractivity contribution is -0.384. The summed E-state index contributed by atoms with van der Waals surface area (Å²) in [6, 6.07) is 4.92. The highest BCUT2D eigenvalue weighted by atomic mass is 32.2. The number of anilines is 1. The highest BCUT2D eigenvalue weighted by molar-refractivity contribution is 7.99. The number of hydrogen-bond acceptors (Lipinski definition) is 4. The van der Waals surface area contributed by atoms with E-state index in [1.54, 1.807) is 23.9 Å². The first-order chi connectivity index (χ1) is 7.54. The van der Waals surface area contributed by atoms with Gasteiger partial charge in [-0.2, -0.15) is 11.8 Å². The van der Waals surface area contributed by atoms with Crippen molar-refractivity contribution in [3.05, 3.63) is 33.9 Å². The molecule has 0 fully saturated rings. The molecule has 1 N–H and O–H groups in total. The van der Waals surface area contributed by atoms with Crippen LogP contribution >= 0.6 is 11.8 Å². The smallest absolute Gasteiger partial charge is 0.269 e. The Morgan fingerprint density at radius 2 is 2.19 bits per heavy atom. The first-order valence-corrected chi connectivity index (χ1v) is 6.16. The number of non-ortho nitro benzene ring substituents is 1. The van der Waals surface area contributed by atoms with Gasteiger partial charge in [-0.25, -0.2) is 0 Å². The highest BCUT2D eigenvalue weighted by Gasteiger charge is 2.10. The molecule has 16 heavy (non-hydrogen) atoms. The lowest BCUT2D eigenvalue weighted by Gasteiger charge is -2.10. The predicted octanol–water partition coefficient (Wildman–Crippen LogP) is 3.28. The minimum absolute atomic E-state index is 0.151. The van der Waals surface area contributed by atoms with E-state index in [1.807, 2.05) is 7.05 Å². The Bertz CT molecular complexity index is 380. The summed E-state index contributed by atoms with van der Waals surface area (Å²) in [4.78, 5) is 10.3. The molecule has 0 unspecified atom stereocenters. The van der Waals surface area contributed by atoms with Crippen LogP contribution in [0.3, 0.4) is 0 Å². The number of benzene rings is 1. The molecular weight excluding hydrogens is 224 g/mol. The zero-order chi connectivity index (χ0) is 12.1. The molecule has 5 heteroatoms. The van der Waals surface area contributed by atoms with Gasteiger partial charge in [0.2, 0.25) is 0 Å². The molecule has 0 heterocycles. The number of hydrogen-bond donors (Lipinski definition) is 1. The zero-order valence-corrected chi connectivity index (χ0v) is 10.5. The molecule has 0 aliphatic carbocycles.